The van der Waals surface area contributed by atoms with Crippen LogP contribution in [0.3, 0.4) is 0 Å². The summed E-state index contributed by atoms with van der Waals surface area (Å²) in [5.41, 5.74) is 6.91. The van der Waals surface area contributed by atoms with Gasteiger partial charge in [0.2, 0.25) is 11.6 Å². The fourth-order valence-corrected chi connectivity index (χ4v) is 7.88. The molecule has 0 radical (unpaired) electrons. The molecule has 0 amide bonds. The van der Waals surface area contributed by atoms with E-state index < -0.39 is 7.12 Å². The lowest BCUT2D eigenvalue weighted by atomic mass is 9.82. The number of pyridine rings is 4. The van der Waals surface area contributed by atoms with E-state index >= 15 is 0 Å². The lowest BCUT2D eigenvalue weighted by Gasteiger charge is -2.06. The van der Waals surface area contributed by atoms with Crippen LogP contribution in [0.15, 0.2) is 135 Å². The van der Waals surface area contributed by atoms with Gasteiger partial charge in [-0.2, -0.15) is 10.4 Å². The number of hydrogen-bond acceptors (Lipinski definition) is 14. The minimum atomic E-state index is -1.40. The van der Waals surface area contributed by atoms with E-state index in [9.17, 15) is 0 Å². The number of rotatable bonds is 6. The second kappa shape index (κ2) is 16.8. The monoisotopic (exact) mass is 792 g/mol. The van der Waals surface area contributed by atoms with Crippen molar-refractivity contribution in [3.8, 4) is 54.8 Å². The summed E-state index contributed by atoms with van der Waals surface area (Å²) in [6.45, 7) is 0. The van der Waals surface area contributed by atoms with Gasteiger partial charge in [-0.1, -0.05) is 54.1 Å². The molecule has 8 heterocycles. The van der Waals surface area contributed by atoms with Gasteiger partial charge in [0, 0.05) is 87.5 Å². The number of H-pyrrole nitrogens is 2. The molecule has 0 aliphatic carbocycles. The van der Waals surface area contributed by atoms with Gasteiger partial charge in [-0.15, -0.1) is 43.1 Å². The highest BCUT2D eigenvalue weighted by Crippen LogP contribution is 2.39. The summed E-state index contributed by atoms with van der Waals surface area (Å²) in [4.78, 5) is 18.6. The van der Waals surface area contributed by atoms with Crippen LogP contribution in [0.1, 0.15) is 0 Å². The summed E-state index contributed by atoms with van der Waals surface area (Å²) in [7, 11) is -1.40. The van der Waals surface area contributed by atoms with Gasteiger partial charge < -0.3 is 10.0 Å². The van der Waals surface area contributed by atoms with Crippen molar-refractivity contribution in [3.63, 3.8) is 0 Å². The lowest BCUT2D eigenvalue weighted by Crippen LogP contribution is -2.29. The summed E-state index contributed by atoms with van der Waals surface area (Å²) >= 11 is 9.28. The average molecular weight is 793 g/mol. The molecule has 272 valence electrons. The van der Waals surface area contributed by atoms with Crippen LogP contribution in [-0.2, 0) is 0 Å². The Kier molecular flexibility index (Phi) is 10.9. The van der Waals surface area contributed by atoms with E-state index in [2.05, 4.69) is 104 Å². The molecule has 4 N–H and O–H groups in total. The highest BCUT2D eigenvalue weighted by atomic mass is 35.5. The van der Waals surface area contributed by atoms with Crippen LogP contribution in [0.4, 0.5) is 0 Å². The summed E-state index contributed by atoms with van der Waals surface area (Å²) < 4.78 is 2.17. The SMILES string of the molecule is Clc1cccc(-c2cncc3sc(-c4nn[nH]n4)cc23)c1.OB(O)c1cccnc1.c1cncc(-c2cccc(-c3cncc4sc(-c5nn[nH]n5)cc34)c2)c1. The van der Waals surface area contributed by atoms with Crippen LogP contribution in [0, 0.1) is 0 Å². The molecule has 14 nitrogen and oxygen atoms in total. The highest BCUT2D eigenvalue weighted by molar-refractivity contribution is 7.22. The van der Waals surface area contributed by atoms with Crippen LogP contribution in [0.2, 0.25) is 5.02 Å². The normalized spacial score (nSPS) is 10.8. The van der Waals surface area contributed by atoms with Gasteiger partial charge in [0.05, 0.1) is 19.2 Å². The molecule has 0 unspecified atom stereocenters. The van der Waals surface area contributed by atoms with Crippen molar-refractivity contribution in [3.05, 3.63) is 140 Å². The van der Waals surface area contributed by atoms with Gasteiger partial charge in [-0.05, 0) is 69.6 Å². The zero-order valence-electron chi connectivity index (χ0n) is 28.8. The Morgan fingerprint density at radius 1 is 0.536 bits per heavy atom. The fraction of sp³-hybridized carbons (Fsp3) is 0. The molecule has 0 spiro atoms. The maximum atomic E-state index is 8.54. The minimum absolute atomic E-state index is 0.414. The van der Waals surface area contributed by atoms with Crippen LogP contribution in [-0.4, -0.2) is 78.4 Å². The molecular formula is C38H26BClN12O2S2. The second-order valence-electron chi connectivity index (χ2n) is 11.9. The molecule has 0 saturated carbocycles. The van der Waals surface area contributed by atoms with Crippen molar-refractivity contribution in [2.24, 2.45) is 0 Å². The quantitative estimate of drug-likeness (QED) is 0.129. The van der Waals surface area contributed by atoms with Crippen molar-refractivity contribution >= 4 is 67.0 Å². The molecule has 10 rings (SSSR count). The summed E-state index contributed by atoms with van der Waals surface area (Å²) in [6.07, 6.45) is 14.1. The zero-order valence-corrected chi connectivity index (χ0v) is 31.2. The Hall–Kier alpha value is -6.63. The first-order valence-corrected chi connectivity index (χ1v) is 18.8. The molecule has 0 atom stereocenters. The zero-order chi connectivity index (χ0) is 38.3. The molecule has 2 aromatic carbocycles. The third kappa shape index (κ3) is 8.21. The smallest absolute Gasteiger partial charge is 0.423 e. The molecular weight excluding hydrogens is 767 g/mol. The van der Waals surface area contributed by atoms with E-state index in [1.807, 2.05) is 61.3 Å². The number of tetrazole rings is 2. The second-order valence-corrected chi connectivity index (χ2v) is 14.5. The fourth-order valence-electron chi connectivity index (χ4n) is 5.72. The number of nitrogens with zero attached hydrogens (tertiary/aromatic N) is 10. The third-order valence-electron chi connectivity index (χ3n) is 8.31. The number of halogens is 1. The van der Waals surface area contributed by atoms with Gasteiger partial charge in [-0.3, -0.25) is 19.9 Å². The van der Waals surface area contributed by atoms with Crippen molar-refractivity contribution in [2.45, 2.75) is 0 Å². The van der Waals surface area contributed by atoms with Gasteiger partial charge in [0.15, 0.2) is 0 Å². The molecule has 10 aromatic rings. The summed E-state index contributed by atoms with van der Waals surface area (Å²) in [5, 5.41) is 48.4. The molecule has 0 aliphatic rings. The van der Waals surface area contributed by atoms with Gasteiger partial charge in [0.1, 0.15) is 0 Å². The predicted molar refractivity (Wildman–Crippen MR) is 219 cm³/mol. The van der Waals surface area contributed by atoms with Crippen molar-refractivity contribution < 1.29 is 10.0 Å². The number of fused-ring (bicyclic) bond motifs is 2. The third-order valence-corrected chi connectivity index (χ3v) is 10.7. The first-order chi connectivity index (χ1) is 27.5. The van der Waals surface area contributed by atoms with Crippen molar-refractivity contribution in [1.29, 1.82) is 0 Å². The maximum absolute atomic E-state index is 8.54. The van der Waals surface area contributed by atoms with E-state index in [0.29, 0.717) is 22.1 Å². The maximum Gasteiger partial charge on any atom is 0.490 e. The number of benzene rings is 2. The number of thiophene rings is 2. The summed E-state index contributed by atoms with van der Waals surface area (Å²) in [6, 6.07) is 27.6. The van der Waals surface area contributed by atoms with Crippen LogP contribution >= 0.6 is 34.3 Å². The Balaban J connectivity index is 0.000000131. The van der Waals surface area contributed by atoms with E-state index in [1.54, 1.807) is 47.2 Å². The number of hydrogen-bond donors (Lipinski definition) is 4. The minimum Gasteiger partial charge on any atom is -0.423 e. The largest absolute Gasteiger partial charge is 0.490 e. The molecule has 0 saturated heterocycles. The molecule has 18 heteroatoms. The van der Waals surface area contributed by atoms with E-state index in [0.717, 1.165) is 63.3 Å². The number of aromatic amines is 2. The topological polar surface area (TPSA) is 201 Å². The number of nitrogens with one attached hydrogen (secondary N) is 2. The molecule has 0 aliphatic heterocycles. The van der Waals surface area contributed by atoms with Crippen LogP contribution in [0.5, 0.6) is 0 Å². The average Bonchev–Trinajstić information content (AvgIpc) is 4.09. The Labute approximate surface area is 331 Å². The van der Waals surface area contributed by atoms with E-state index in [-0.39, 0.29) is 0 Å². The van der Waals surface area contributed by atoms with Gasteiger partial charge >= 0.3 is 7.12 Å². The predicted octanol–water partition coefficient (Wildman–Crippen LogP) is 6.76. The van der Waals surface area contributed by atoms with Gasteiger partial charge in [0.25, 0.3) is 0 Å². The Morgan fingerprint density at radius 3 is 1.59 bits per heavy atom. The highest BCUT2D eigenvalue weighted by Gasteiger charge is 2.14. The molecule has 56 heavy (non-hydrogen) atoms. The van der Waals surface area contributed by atoms with E-state index in [1.165, 1.54) is 6.20 Å². The number of aromatic nitrogens is 12. The molecule has 0 fully saturated rings. The first-order valence-electron chi connectivity index (χ1n) is 16.8. The molecule has 8 aromatic heterocycles. The van der Waals surface area contributed by atoms with Crippen LogP contribution in [0.25, 0.3) is 75.0 Å². The standard InChI is InChI=1S/C19H12N6S.C14H8ClN5S.C5H6BNO2/c1-3-12(14-5-2-6-20-9-14)7-13(4-1)16-10-21-11-18-15(16)8-17(26-18)19-22-24-25-23-19;15-9-3-1-2-8(4-9)11-6-16-7-13-10(11)5-12(21-13)14-17-19-20-18-14;8-6(9)5-2-1-3-7-4-5/h1-11H,(H,22,23,24,25);1-7H,(H,17,18,19,20);1-4,8-9H. The van der Waals surface area contributed by atoms with Crippen molar-refractivity contribution in [1.82, 2.24) is 61.2 Å². The Bertz CT molecular complexity index is 2820. The first kappa shape index (κ1) is 36.4. The Morgan fingerprint density at radius 2 is 1.09 bits per heavy atom. The summed E-state index contributed by atoms with van der Waals surface area (Å²) in [5.74, 6) is 1.19. The van der Waals surface area contributed by atoms with Gasteiger partial charge in [-0.25, -0.2) is 0 Å². The molecule has 0 bridgehead atoms. The van der Waals surface area contributed by atoms with E-state index in [4.69, 9.17) is 21.6 Å². The lowest BCUT2D eigenvalue weighted by molar-refractivity contribution is 0.425. The van der Waals surface area contributed by atoms with Crippen molar-refractivity contribution in [2.75, 3.05) is 0 Å². The van der Waals surface area contributed by atoms with Crippen LogP contribution < -0.4 is 5.46 Å².